The molecule has 11 nitrogen and oxygen atoms in total. The molecule has 4 heterocycles. The number of aryl methyl sites for hydroxylation is 2. The summed E-state index contributed by atoms with van der Waals surface area (Å²) in [4.78, 5) is 36.5. The van der Waals surface area contributed by atoms with E-state index >= 15 is 0 Å². The maximum Gasteiger partial charge on any atom is 0.290 e. The van der Waals surface area contributed by atoms with Gasteiger partial charge >= 0.3 is 0 Å². The Labute approximate surface area is 220 Å². The van der Waals surface area contributed by atoms with Crippen LogP contribution in [0.5, 0.6) is 11.5 Å². The number of nitrogens with zero attached hydrogens (tertiary/aromatic N) is 4. The summed E-state index contributed by atoms with van der Waals surface area (Å²) in [6.45, 7) is 6.67. The van der Waals surface area contributed by atoms with Crippen molar-refractivity contribution in [3.63, 3.8) is 0 Å². The number of amides is 1. The highest BCUT2D eigenvalue weighted by Gasteiger charge is 2.23. The Kier molecular flexibility index (Phi) is 8.83. The SMILES string of the molecule is Cc1ccc(Oc2ccc(Nc3ncnc4c3C=C(C(=O)N3CCOCC3)CCN4)cc2C)cn1.O=CO. The zero-order valence-corrected chi connectivity index (χ0v) is 21.3. The number of hydrogen-bond donors (Lipinski definition) is 3. The second-order valence-corrected chi connectivity index (χ2v) is 8.68. The van der Waals surface area contributed by atoms with Gasteiger partial charge in [0, 0.05) is 36.6 Å². The van der Waals surface area contributed by atoms with Gasteiger partial charge in [-0.3, -0.25) is 14.6 Å². The Morgan fingerprint density at radius 2 is 1.95 bits per heavy atom. The third-order valence-electron chi connectivity index (χ3n) is 6.01. The molecule has 2 aliphatic rings. The van der Waals surface area contributed by atoms with Crippen molar-refractivity contribution in [2.24, 2.45) is 0 Å². The highest BCUT2D eigenvalue weighted by atomic mass is 16.5. The number of ether oxygens (including phenoxy) is 2. The van der Waals surface area contributed by atoms with Gasteiger partial charge in [-0.25, -0.2) is 9.97 Å². The van der Waals surface area contributed by atoms with Crippen LogP contribution in [0.1, 0.15) is 23.2 Å². The lowest BCUT2D eigenvalue weighted by molar-refractivity contribution is -0.131. The number of benzene rings is 1. The van der Waals surface area contributed by atoms with Gasteiger partial charge in [0.25, 0.3) is 6.47 Å². The first-order valence-corrected chi connectivity index (χ1v) is 12.2. The molecule has 1 saturated heterocycles. The highest BCUT2D eigenvalue weighted by molar-refractivity contribution is 6.00. The van der Waals surface area contributed by atoms with Crippen molar-refractivity contribution >= 4 is 35.8 Å². The average molecular weight is 519 g/mol. The zero-order chi connectivity index (χ0) is 26.9. The minimum atomic E-state index is -0.250. The summed E-state index contributed by atoms with van der Waals surface area (Å²) in [6, 6.07) is 9.67. The number of nitrogens with one attached hydrogen (secondary N) is 2. The summed E-state index contributed by atoms with van der Waals surface area (Å²) in [6.07, 6.45) is 5.76. The normalized spacial score (nSPS) is 14.5. The van der Waals surface area contributed by atoms with Crippen molar-refractivity contribution in [1.82, 2.24) is 19.9 Å². The van der Waals surface area contributed by atoms with Crippen molar-refractivity contribution in [3.8, 4) is 11.5 Å². The molecule has 2 aromatic heterocycles. The maximum absolute atomic E-state index is 13.1. The summed E-state index contributed by atoms with van der Waals surface area (Å²) >= 11 is 0. The lowest BCUT2D eigenvalue weighted by Crippen LogP contribution is -2.41. The van der Waals surface area contributed by atoms with Crippen LogP contribution in [0.15, 0.2) is 48.4 Å². The van der Waals surface area contributed by atoms with Crippen LogP contribution in [0.4, 0.5) is 17.3 Å². The topological polar surface area (TPSA) is 139 Å². The fourth-order valence-electron chi connectivity index (χ4n) is 4.09. The third-order valence-corrected chi connectivity index (χ3v) is 6.01. The number of morpholine rings is 1. The number of carboxylic acid groups (broad SMARTS) is 1. The third kappa shape index (κ3) is 6.62. The molecule has 1 amide bonds. The molecule has 0 spiro atoms. The first-order valence-electron chi connectivity index (χ1n) is 12.2. The van der Waals surface area contributed by atoms with Gasteiger partial charge in [-0.05, 0) is 62.2 Å². The van der Waals surface area contributed by atoms with E-state index in [9.17, 15) is 4.79 Å². The van der Waals surface area contributed by atoms with Crippen LogP contribution in [0.25, 0.3) is 6.08 Å². The summed E-state index contributed by atoms with van der Waals surface area (Å²) in [7, 11) is 0. The van der Waals surface area contributed by atoms with E-state index in [4.69, 9.17) is 19.4 Å². The van der Waals surface area contributed by atoms with Gasteiger partial charge in [-0.1, -0.05) is 0 Å². The second kappa shape index (κ2) is 12.6. The highest BCUT2D eigenvalue weighted by Crippen LogP contribution is 2.32. The minimum absolute atomic E-state index is 0.0423. The first-order chi connectivity index (χ1) is 18.5. The van der Waals surface area contributed by atoms with E-state index in [0.29, 0.717) is 56.7 Å². The fraction of sp³-hybridized carbons (Fsp3) is 0.296. The van der Waals surface area contributed by atoms with Crippen LogP contribution < -0.4 is 15.4 Å². The molecule has 0 bridgehead atoms. The zero-order valence-electron chi connectivity index (χ0n) is 21.3. The molecule has 2 aliphatic heterocycles. The van der Waals surface area contributed by atoms with Gasteiger partial charge in [-0.15, -0.1) is 0 Å². The van der Waals surface area contributed by atoms with Gasteiger partial charge in [0.2, 0.25) is 5.91 Å². The van der Waals surface area contributed by atoms with Crippen LogP contribution in [0, 0.1) is 13.8 Å². The Hall–Kier alpha value is -4.51. The number of rotatable bonds is 5. The van der Waals surface area contributed by atoms with Gasteiger partial charge in [0.1, 0.15) is 29.5 Å². The minimum Gasteiger partial charge on any atom is -0.483 e. The lowest BCUT2D eigenvalue weighted by Gasteiger charge is -2.27. The van der Waals surface area contributed by atoms with Crippen molar-refractivity contribution < 1.29 is 24.2 Å². The lowest BCUT2D eigenvalue weighted by atomic mass is 10.1. The molecule has 1 fully saturated rings. The van der Waals surface area contributed by atoms with Crippen LogP contribution in [-0.4, -0.2) is 70.2 Å². The molecule has 5 rings (SSSR count). The van der Waals surface area contributed by atoms with Crippen molar-refractivity contribution in [1.29, 1.82) is 0 Å². The van der Waals surface area contributed by atoms with Crippen molar-refractivity contribution in [2.45, 2.75) is 20.3 Å². The van der Waals surface area contributed by atoms with E-state index in [1.807, 2.05) is 55.2 Å². The molecule has 38 heavy (non-hydrogen) atoms. The Bertz CT molecular complexity index is 1310. The predicted molar refractivity (Wildman–Crippen MR) is 143 cm³/mol. The summed E-state index contributed by atoms with van der Waals surface area (Å²) < 4.78 is 11.4. The molecule has 0 saturated carbocycles. The summed E-state index contributed by atoms with van der Waals surface area (Å²) in [5.41, 5.74) is 4.27. The van der Waals surface area contributed by atoms with Crippen LogP contribution >= 0.6 is 0 Å². The number of hydrogen-bond acceptors (Lipinski definition) is 9. The smallest absolute Gasteiger partial charge is 0.290 e. The fourth-order valence-corrected chi connectivity index (χ4v) is 4.09. The molecule has 11 heteroatoms. The van der Waals surface area contributed by atoms with Gasteiger partial charge in [-0.2, -0.15) is 0 Å². The number of carbonyl (C=O) groups is 2. The quantitative estimate of drug-likeness (QED) is 0.428. The van der Waals surface area contributed by atoms with Crippen LogP contribution in [-0.2, 0) is 14.3 Å². The predicted octanol–water partition coefficient (Wildman–Crippen LogP) is 3.78. The van der Waals surface area contributed by atoms with E-state index in [1.54, 1.807) is 6.20 Å². The molecule has 0 unspecified atom stereocenters. The monoisotopic (exact) mass is 518 g/mol. The Balaban J connectivity index is 0.00000107. The molecule has 0 radical (unpaired) electrons. The average Bonchev–Trinajstić information content (AvgIpc) is 3.15. The van der Waals surface area contributed by atoms with Crippen molar-refractivity contribution in [2.75, 3.05) is 43.5 Å². The molecular formula is C27H30N6O5. The van der Waals surface area contributed by atoms with E-state index < -0.39 is 0 Å². The maximum atomic E-state index is 13.1. The Morgan fingerprint density at radius 3 is 2.66 bits per heavy atom. The Morgan fingerprint density at radius 1 is 1.16 bits per heavy atom. The molecule has 0 atom stereocenters. The molecular weight excluding hydrogens is 488 g/mol. The second-order valence-electron chi connectivity index (χ2n) is 8.68. The number of aromatic nitrogens is 3. The number of pyridine rings is 1. The first kappa shape index (κ1) is 26.6. The standard InChI is InChI=1S/C26H28N6O3.CH2O2/c1-17-13-20(4-6-23(17)35-21-5-3-18(2)28-15-21)31-25-22-14-19(7-8-27-24(22)29-16-30-25)26(33)32-9-11-34-12-10-32;2-1-3/h3-6,13-16H,7-12H2,1-2H3,(H2,27,29,30,31);1H,(H,2,3). The van der Waals surface area contributed by atoms with E-state index in [2.05, 4.69) is 25.6 Å². The largest absolute Gasteiger partial charge is 0.483 e. The number of anilines is 3. The van der Waals surface area contributed by atoms with E-state index in [1.165, 1.54) is 6.33 Å². The molecule has 198 valence electrons. The van der Waals surface area contributed by atoms with Crippen molar-refractivity contribution in [3.05, 3.63) is 65.2 Å². The van der Waals surface area contributed by atoms with Gasteiger partial charge in [0.05, 0.1) is 25.0 Å². The van der Waals surface area contributed by atoms with Crippen LogP contribution in [0.2, 0.25) is 0 Å². The molecule has 3 N–H and O–H groups in total. The number of carbonyl (C=O) groups excluding carboxylic acids is 1. The molecule has 0 aliphatic carbocycles. The van der Waals surface area contributed by atoms with E-state index in [-0.39, 0.29) is 12.4 Å². The van der Waals surface area contributed by atoms with E-state index in [0.717, 1.165) is 33.8 Å². The van der Waals surface area contributed by atoms with Crippen LogP contribution in [0.3, 0.4) is 0 Å². The summed E-state index contributed by atoms with van der Waals surface area (Å²) in [5.74, 6) is 2.82. The molecule has 1 aromatic carbocycles. The van der Waals surface area contributed by atoms with Gasteiger partial charge in [0.15, 0.2) is 0 Å². The summed E-state index contributed by atoms with van der Waals surface area (Å²) in [5, 5.41) is 13.6. The number of fused-ring (bicyclic) bond motifs is 1. The molecule has 3 aromatic rings. The van der Waals surface area contributed by atoms with Gasteiger partial charge < -0.3 is 30.1 Å².